The van der Waals surface area contributed by atoms with Gasteiger partial charge in [-0.3, -0.25) is 24.0 Å². The monoisotopic (exact) mass is 702 g/mol. The second kappa shape index (κ2) is 11.1. The molecule has 0 unspecified atom stereocenters. The van der Waals surface area contributed by atoms with Gasteiger partial charge in [0.15, 0.2) is 18.0 Å². The number of furan rings is 1. The van der Waals surface area contributed by atoms with Gasteiger partial charge < -0.3 is 43.1 Å². The highest BCUT2D eigenvalue weighted by atomic mass is 16.7. The number of ether oxygens (including phenoxy) is 6. The number of hydrogen-bond donors (Lipinski definition) is 2. The van der Waals surface area contributed by atoms with Crippen LogP contribution in [0.5, 0.6) is 0 Å². The molecule has 0 aromatic carbocycles. The molecule has 1 spiro atoms. The third-order valence-corrected chi connectivity index (χ3v) is 13.6. The van der Waals surface area contributed by atoms with Crippen LogP contribution in [-0.4, -0.2) is 95.0 Å². The minimum absolute atomic E-state index is 0.0556. The summed E-state index contributed by atoms with van der Waals surface area (Å²) in [5, 5.41) is 24.8. The van der Waals surface area contributed by atoms with E-state index in [9.17, 15) is 29.4 Å². The van der Waals surface area contributed by atoms with Crippen LogP contribution in [0, 0.1) is 39.4 Å². The van der Waals surface area contributed by atoms with E-state index in [1.165, 1.54) is 13.2 Å². The van der Waals surface area contributed by atoms with Gasteiger partial charge in [-0.15, -0.1) is 0 Å². The Labute approximate surface area is 289 Å². The zero-order valence-electron chi connectivity index (χ0n) is 29.5. The smallest absolute Gasteiger partial charge is 0.310 e. The topological polar surface area (TPSA) is 198 Å². The van der Waals surface area contributed by atoms with E-state index in [0.29, 0.717) is 6.42 Å². The minimum Gasteiger partial charge on any atom is -0.472 e. The van der Waals surface area contributed by atoms with Crippen LogP contribution in [0.25, 0.3) is 0 Å². The standard InChI is InChI=1S/C36H46O14/c1-15(2)30(43)49-31-32(6)21-12-22(40)34(8)26(35(21,14-45-31)29(48-18(5)39)25(27(32)42)46-16(3)37)24(41)28(47-17(4)38)33(7)20(19-9-10-44-13-19)11-23-36(33,34)50-23/h9-10,13,15,20-23,25-29,31,40,42H,11-12,14H2,1-8H3/t20-,21+,22+,23+,25-,26+,27+,28+,29+,31+,32-,33+,34-,35+,36+/m1/s1. The maximum Gasteiger partial charge on any atom is 0.310 e. The Morgan fingerprint density at radius 3 is 2.16 bits per heavy atom. The van der Waals surface area contributed by atoms with Crippen molar-refractivity contribution in [2.75, 3.05) is 6.61 Å². The van der Waals surface area contributed by atoms with Gasteiger partial charge in [0.25, 0.3) is 0 Å². The summed E-state index contributed by atoms with van der Waals surface area (Å²) in [4.78, 5) is 67.1. The lowest BCUT2D eigenvalue weighted by Crippen LogP contribution is -2.84. The van der Waals surface area contributed by atoms with E-state index in [0.717, 1.165) is 19.4 Å². The Bertz CT molecular complexity index is 1620. The van der Waals surface area contributed by atoms with Gasteiger partial charge in [-0.1, -0.05) is 34.6 Å². The van der Waals surface area contributed by atoms with Crippen molar-refractivity contribution in [2.45, 2.75) is 123 Å². The van der Waals surface area contributed by atoms with Crippen LogP contribution in [0.15, 0.2) is 23.0 Å². The third kappa shape index (κ3) is 4.07. The van der Waals surface area contributed by atoms with Crippen LogP contribution in [-0.2, 0) is 52.4 Å². The van der Waals surface area contributed by atoms with Gasteiger partial charge in [0.05, 0.1) is 48.1 Å². The molecule has 4 aliphatic carbocycles. The highest BCUT2D eigenvalue weighted by Crippen LogP contribution is 2.83. The highest BCUT2D eigenvalue weighted by Gasteiger charge is 2.93. The summed E-state index contributed by atoms with van der Waals surface area (Å²) < 4.78 is 42.1. The molecule has 274 valence electrons. The van der Waals surface area contributed by atoms with Crippen molar-refractivity contribution in [1.29, 1.82) is 0 Å². The van der Waals surface area contributed by atoms with Gasteiger partial charge in [0.1, 0.15) is 17.8 Å². The highest BCUT2D eigenvalue weighted by molar-refractivity contribution is 5.93. The molecule has 2 saturated heterocycles. The Morgan fingerprint density at radius 1 is 0.920 bits per heavy atom. The SMILES string of the molecule is CC(=O)O[C@@H]1[C@H](O)[C@]2(C)[C@H](OC(=O)C(C)C)OC[C@]3([C@H]4C(=O)[C@H](OC(C)=O)[C@]5(C)[C@@H](c6ccoc6)C[C@@H]6O[C@@]65[C@]4(C)[C@@H](O)C[C@@H]23)[C@H]1OC(C)=O. The molecule has 1 aromatic heterocycles. The van der Waals surface area contributed by atoms with Crippen molar-refractivity contribution in [1.82, 2.24) is 0 Å². The number of carbonyl (C=O) groups excluding carboxylic acids is 5. The Balaban J connectivity index is 1.48. The first kappa shape index (κ1) is 35.1. The number of Topliss-reactive ketones (excluding diaryl/α,β-unsaturated/α-hetero) is 1. The number of hydrogen-bond acceptors (Lipinski definition) is 14. The van der Waals surface area contributed by atoms with Crippen LogP contribution in [0.1, 0.15) is 79.7 Å². The summed E-state index contributed by atoms with van der Waals surface area (Å²) in [6.45, 7) is 11.7. The molecule has 0 amide bonds. The van der Waals surface area contributed by atoms with Crippen LogP contribution in [0.4, 0.5) is 0 Å². The molecule has 6 aliphatic rings. The Hall–Kier alpha value is -3.33. The first-order valence-corrected chi connectivity index (χ1v) is 17.3. The van der Waals surface area contributed by atoms with Crippen LogP contribution in [0.2, 0.25) is 0 Å². The predicted octanol–water partition coefficient (Wildman–Crippen LogP) is 2.21. The molecule has 1 aromatic rings. The lowest BCUT2D eigenvalue weighted by Gasteiger charge is -2.73. The Morgan fingerprint density at radius 2 is 1.58 bits per heavy atom. The molecular formula is C36H46O14. The van der Waals surface area contributed by atoms with Crippen LogP contribution in [0.3, 0.4) is 0 Å². The number of carbonyl (C=O) groups is 5. The van der Waals surface area contributed by atoms with E-state index in [1.807, 2.05) is 6.92 Å². The maximum absolute atomic E-state index is 15.6. The molecule has 3 heterocycles. The number of aliphatic hydroxyl groups is 2. The predicted molar refractivity (Wildman–Crippen MR) is 166 cm³/mol. The van der Waals surface area contributed by atoms with Crippen LogP contribution >= 0.6 is 0 Å². The fraction of sp³-hybridized carbons (Fsp3) is 0.750. The third-order valence-electron chi connectivity index (χ3n) is 13.6. The molecule has 0 radical (unpaired) electrons. The minimum atomic E-state index is -1.65. The second-order valence-corrected chi connectivity index (χ2v) is 16.1. The normalized spacial score (nSPS) is 48.3. The van der Waals surface area contributed by atoms with Crippen molar-refractivity contribution in [3.63, 3.8) is 0 Å². The number of aliphatic hydroxyl groups excluding tert-OH is 2. The van der Waals surface area contributed by atoms with Crippen molar-refractivity contribution < 1.29 is 67.0 Å². The molecule has 2 bridgehead atoms. The molecule has 4 saturated carbocycles. The molecule has 7 rings (SSSR count). The summed E-state index contributed by atoms with van der Waals surface area (Å²) in [6.07, 6.45) is -5.67. The quantitative estimate of drug-likeness (QED) is 0.249. The molecule has 2 aliphatic heterocycles. The summed E-state index contributed by atoms with van der Waals surface area (Å²) in [6, 6.07) is 1.80. The van der Waals surface area contributed by atoms with Gasteiger partial charge in [0, 0.05) is 43.4 Å². The number of esters is 4. The van der Waals surface area contributed by atoms with E-state index >= 15 is 4.79 Å². The number of rotatable bonds is 6. The maximum atomic E-state index is 15.6. The zero-order valence-corrected chi connectivity index (χ0v) is 29.5. The van der Waals surface area contributed by atoms with Gasteiger partial charge in [-0.25, -0.2) is 0 Å². The lowest BCUT2D eigenvalue weighted by atomic mass is 9.33. The fourth-order valence-corrected chi connectivity index (χ4v) is 11.7. The average molecular weight is 703 g/mol. The second-order valence-electron chi connectivity index (χ2n) is 16.1. The average Bonchev–Trinajstić information content (AvgIpc) is 3.39. The van der Waals surface area contributed by atoms with Crippen molar-refractivity contribution >= 4 is 29.7 Å². The number of fused-ring (bicyclic) bond motifs is 1. The lowest BCUT2D eigenvalue weighted by molar-refractivity contribution is -0.391. The zero-order chi connectivity index (χ0) is 36.5. The van der Waals surface area contributed by atoms with Gasteiger partial charge in [-0.05, 0) is 30.4 Å². The van der Waals surface area contributed by atoms with Crippen LogP contribution < -0.4 is 0 Å². The van der Waals surface area contributed by atoms with Crippen molar-refractivity contribution in [3.8, 4) is 0 Å². The molecule has 14 heteroatoms. The number of epoxide rings is 1. The van der Waals surface area contributed by atoms with E-state index in [2.05, 4.69) is 0 Å². The summed E-state index contributed by atoms with van der Waals surface area (Å²) in [7, 11) is 0. The van der Waals surface area contributed by atoms with Gasteiger partial charge >= 0.3 is 23.9 Å². The largest absolute Gasteiger partial charge is 0.472 e. The first-order valence-electron chi connectivity index (χ1n) is 17.3. The number of ketones is 1. The van der Waals surface area contributed by atoms with E-state index in [-0.39, 0.29) is 18.9 Å². The molecule has 6 fully saturated rings. The Kier molecular flexibility index (Phi) is 7.78. The van der Waals surface area contributed by atoms with Crippen molar-refractivity contribution in [3.05, 3.63) is 24.2 Å². The van der Waals surface area contributed by atoms with E-state index in [4.69, 9.17) is 32.8 Å². The van der Waals surface area contributed by atoms with E-state index in [1.54, 1.807) is 40.0 Å². The fourth-order valence-electron chi connectivity index (χ4n) is 11.7. The van der Waals surface area contributed by atoms with Gasteiger partial charge in [-0.2, -0.15) is 0 Å². The molecule has 14 nitrogen and oxygen atoms in total. The molecule has 15 atom stereocenters. The molecule has 50 heavy (non-hydrogen) atoms. The molecule has 2 N–H and O–H groups in total. The summed E-state index contributed by atoms with van der Waals surface area (Å²) in [5.74, 6) is -6.60. The first-order chi connectivity index (χ1) is 23.3. The van der Waals surface area contributed by atoms with E-state index < -0.39 is 118 Å². The molecular weight excluding hydrogens is 656 g/mol. The summed E-state index contributed by atoms with van der Waals surface area (Å²) in [5.41, 5.74) is -6.25. The summed E-state index contributed by atoms with van der Waals surface area (Å²) >= 11 is 0. The van der Waals surface area contributed by atoms with Crippen molar-refractivity contribution in [2.24, 2.45) is 39.4 Å². The van der Waals surface area contributed by atoms with Gasteiger partial charge in [0.2, 0.25) is 6.29 Å².